The Bertz CT molecular complexity index is 1260. The van der Waals surface area contributed by atoms with Gasteiger partial charge in [0.2, 0.25) is 11.6 Å². The van der Waals surface area contributed by atoms with Gasteiger partial charge in [-0.05, 0) is 36.4 Å². The lowest BCUT2D eigenvalue weighted by Crippen LogP contribution is -2.29. The summed E-state index contributed by atoms with van der Waals surface area (Å²) in [4.78, 5) is 25.7. The SMILES string of the molecule is COc1ccc(NC(=O)Cn2c(=O)c3nnc(C(C)C)n3c3ccccc32)cc1. The minimum Gasteiger partial charge on any atom is -0.497 e. The van der Waals surface area contributed by atoms with Crippen molar-refractivity contribution in [2.75, 3.05) is 12.4 Å². The van der Waals surface area contributed by atoms with Crippen LogP contribution in [0.1, 0.15) is 25.6 Å². The van der Waals surface area contributed by atoms with Gasteiger partial charge in [0.05, 0.1) is 18.1 Å². The number of anilines is 1. The van der Waals surface area contributed by atoms with Crippen LogP contribution in [0.25, 0.3) is 16.7 Å². The van der Waals surface area contributed by atoms with E-state index in [1.165, 1.54) is 4.57 Å². The smallest absolute Gasteiger partial charge is 0.297 e. The zero-order valence-electron chi connectivity index (χ0n) is 16.4. The molecule has 1 N–H and O–H groups in total. The number of benzene rings is 2. The number of rotatable bonds is 5. The number of aromatic nitrogens is 4. The van der Waals surface area contributed by atoms with Crippen molar-refractivity contribution in [3.8, 4) is 5.75 Å². The van der Waals surface area contributed by atoms with Gasteiger partial charge < -0.3 is 10.1 Å². The Hall–Kier alpha value is -3.68. The highest BCUT2D eigenvalue weighted by molar-refractivity contribution is 5.91. The fraction of sp³-hybridized carbons (Fsp3) is 0.238. The molecule has 1 amide bonds. The summed E-state index contributed by atoms with van der Waals surface area (Å²) in [5.74, 6) is 1.20. The van der Waals surface area contributed by atoms with Crippen LogP contribution in [-0.2, 0) is 11.3 Å². The summed E-state index contributed by atoms with van der Waals surface area (Å²) in [6.07, 6.45) is 0. The van der Waals surface area contributed by atoms with Crippen molar-refractivity contribution in [3.05, 3.63) is 64.7 Å². The van der Waals surface area contributed by atoms with Crippen molar-refractivity contribution >= 4 is 28.3 Å². The molecule has 29 heavy (non-hydrogen) atoms. The molecule has 2 heterocycles. The van der Waals surface area contributed by atoms with Crippen molar-refractivity contribution in [2.24, 2.45) is 0 Å². The molecule has 148 valence electrons. The monoisotopic (exact) mass is 391 g/mol. The van der Waals surface area contributed by atoms with E-state index in [4.69, 9.17) is 4.74 Å². The van der Waals surface area contributed by atoms with Crippen LogP contribution in [0, 0.1) is 0 Å². The standard InChI is InChI=1S/C21H21N5O3/c1-13(2)19-23-24-20-21(28)25(16-6-4-5-7-17(16)26(19)20)12-18(27)22-14-8-10-15(29-3)11-9-14/h4-11,13H,12H2,1-3H3,(H,22,27). The first-order valence-electron chi connectivity index (χ1n) is 9.30. The second-order valence-corrected chi connectivity index (χ2v) is 7.03. The number of nitrogens with one attached hydrogen (secondary N) is 1. The zero-order valence-corrected chi connectivity index (χ0v) is 16.4. The quantitative estimate of drug-likeness (QED) is 0.565. The van der Waals surface area contributed by atoms with Crippen LogP contribution in [0.2, 0.25) is 0 Å². The third kappa shape index (κ3) is 3.33. The molecule has 4 rings (SSSR count). The number of carbonyl (C=O) groups is 1. The van der Waals surface area contributed by atoms with Crippen LogP contribution in [0.3, 0.4) is 0 Å². The van der Waals surface area contributed by atoms with Gasteiger partial charge in [-0.3, -0.25) is 18.6 Å². The van der Waals surface area contributed by atoms with E-state index in [1.807, 2.05) is 38.1 Å². The summed E-state index contributed by atoms with van der Waals surface area (Å²) in [7, 11) is 1.58. The highest BCUT2D eigenvalue weighted by atomic mass is 16.5. The highest BCUT2D eigenvalue weighted by Gasteiger charge is 2.19. The predicted molar refractivity (Wildman–Crippen MR) is 110 cm³/mol. The van der Waals surface area contributed by atoms with E-state index in [0.29, 0.717) is 22.8 Å². The normalized spacial score (nSPS) is 11.3. The van der Waals surface area contributed by atoms with Gasteiger partial charge in [0.15, 0.2) is 0 Å². The van der Waals surface area contributed by atoms with Gasteiger partial charge in [0, 0.05) is 11.6 Å². The van der Waals surface area contributed by atoms with Gasteiger partial charge in [-0.2, -0.15) is 0 Å². The van der Waals surface area contributed by atoms with Gasteiger partial charge >= 0.3 is 0 Å². The fourth-order valence-electron chi connectivity index (χ4n) is 3.33. The van der Waals surface area contributed by atoms with E-state index in [-0.39, 0.29) is 29.6 Å². The molecule has 0 bridgehead atoms. The number of methoxy groups -OCH3 is 1. The Morgan fingerprint density at radius 1 is 1.07 bits per heavy atom. The Balaban J connectivity index is 1.75. The average molecular weight is 391 g/mol. The molecule has 0 unspecified atom stereocenters. The molecule has 0 saturated carbocycles. The van der Waals surface area contributed by atoms with E-state index >= 15 is 0 Å². The number of carbonyl (C=O) groups excluding carboxylic acids is 1. The predicted octanol–water partition coefficient (Wildman–Crippen LogP) is 2.81. The second kappa shape index (κ2) is 7.38. The molecule has 0 atom stereocenters. The van der Waals surface area contributed by atoms with E-state index in [2.05, 4.69) is 15.5 Å². The van der Waals surface area contributed by atoms with Crippen molar-refractivity contribution in [2.45, 2.75) is 26.3 Å². The number of nitrogens with zero attached hydrogens (tertiary/aromatic N) is 4. The largest absolute Gasteiger partial charge is 0.497 e. The first kappa shape index (κ1) is 18.7. The number of fused-ring (bicyclic) bond motifs is 3. The van der Waals surface area contributed by atoms with Crippen molar-refractivity contribution in [1.82, 2.24) is 19.2 Å². The molecule has 8 nitrogen and oxygen atoms in total. The lowest BCUT2D eigenvalue weighted by Gasteiger charge is -2.13. The number of hydrogen-bond donors (Lipinski definition) is 1. The third-order valence-corrected chi connectivity index (χ3v) is 4.73. The number of para-hydroxylation sites is 2. The van der Waals surface area contributed by atoms with Crippen LogP contribution in [0.5, 0.6) is 5.75 Å². The van der Waals surface area contributed by atoms with E-state index < -0.39 is 0 Å². The summed E-state index contributed by atoms with van der Waals surface area (Å²) in [6, 6.07) is 14.4. The zero-order chi connectivity index (χ0) is 20.5. The maximum atomic E-state index is 13.1. The number of ether oxygens (including phenoxy) is 1. The molecule has 0 fully saturated rings. The maximum Gasteiger partial charge on any atom is 0.297 e. The number of hydrogen-bond acceptors (Lipinski definition) is 5. The van der Waals surface area contributed by atoms with Crippen LogP contribution in [0.4, 0.5) is 5.69 Å². The van der Waals surface area contributed by atoms with Gasteiger partial charge in [-0.15, -0.1) is 10.2 Å². The molecule has 8 heteroatoms. The minimum atomic E-state index is -0.354. The molecule has 0 radical (unpaired) electrons. The third-order valence-electron chi connectivity index (χ3n) is 4.73. The Morgan fingerprint density at radius 3 is 2.41 bits per heavy atom. The average Bonchev–Trinajstić information content (AvgIpc) is 3.17. The highest BCUT2D eigenvalue weighted by Crippen LogP contribution is 2.20. The van der Waals surface area contributed by atoms with Crippen molar-refractivity contribution in [3.63, 3.8) is 0 Å². The lowest BCUT2D eigenvalue weighted by molar-refractivity contribution is -0.116. The molecule has 0 aliphatic heterocycles. The lowest BCUT2D eigenvalue weighted by atomic mass is 10.2. The molecule has 4 aromatic rings. The molecular weight excluding hydrogens is 370 g/mol. The second-order valence-electron chi connectivity index (χ2n) is 7.03. The van der Waals surface area contributed by atoms with Crippen molar-refractivity contribution < 1.29 is 9.53 Å². The number of amides is 1. The van der Waals surface area contributed by atoms with E-state index in [9.17, 15) is 9.59 Å². The molecule has 0 spiro atoms. The van der Waals surface area contributed by atoms with Crippen LogP contribution >= 0.6 is 0 Å². The van der Waals surface area contributed by atoms with Crippen LogP contribution in [-0.4, -0.2) is 32.2 Å². The van der Waals surface area contributed by atoms with E-state index in [0.717, 1.165) is 5.52 Å². The Labute approximate surface area is 166 Å². The molecule has 0 aliphatic carbocycles. The fourth-order valence-corrected chi connectivity index (χ4v) is 3.33. The van der Waals surface area contributed by atoms with Crippen LogP contribution in [0.15, 0.2) is 53.3 Å². The van der Waals surface area contributed by atoms with Gasteiger partial charge in [-0.1, -0.05) is 26.0 Å². The minimum absolute atomic E-state index is 0.0991. The first-order chi connectivity index (χ1) is 14.0. The molecule has 2 aromatic carbocycles. The molecular formula is C21H21N5O3. The van der Waals surface area contributed by atoms with Crippen molar-refractivity contribution in [1.29, 1.82) is 0 Å². The topological polar surface area (TPSA) is 90.5 Å². The first-order valence-corrected chi connectivity index (χ1v) is 9.30. The van der Waals surface area contributed by atoms with Crippen LogP contribution < -0.4 is 15.6 Å². The maximum absolute atomic E-state index is 13.1. The van der Waals surface area contributed by atoms with Gasteiger partial charge in [-0.25, -0.2) is 0 Å². The summed E-state index contributed by atoms with van der Waals surface area (Å²) >= 11 is 0. The molecule has 0 aliphatic rings. The molecule has 2 aromatic heterocycles. The van der Waals surface area contributed by atoms with Gasteiger partial charge in [0.25, 0.3) is 5.56 Å². The summed E-state index contributed by atoms with van der Waals surface area (Å²) < 4.78 is 8.33. The van der Waals surface area contributed by atoms with E-state index in [1.54, 1.807) is 35.8 Å². The summed E-state index contributed by atoms with van der Waals surface area (Å²) in [6.45, 7) is 3.86. The summed E-state index contributed by atoms with van der Waals surface area (Å²) in [5, 5.41) is 11.1. The Morgan fingerprint density at radius 2 is 1.76 bits per heavy atom. The molecule has 0 saturated heterocycles. The summed E-state index contributed by atoms with van der Waals surface area (Å²) in [5.41, 5.74) is 1.92. The Kier molecular flexibility index (Phi) is 4.75. The van der Waals surface area contributed by atoms with Gasteiger partial charge in [0.1, 0.15) is 18.1 Å².